The topological polar surface area (TPSA) is 81.8 Å². The Hall–Kier alpha value is -1.66. The highest BCUT2D eigenvalue weighted by Crippen LogP contribution is 2.29. The van der Waals surface area contributed by atoms with E-state index >= 15 is 0 Å². The van der Waals surface area contributed by atoms with Crippen LogP contribution >= 0.6 is 0 Å². The second-order valence-electron chi connectivity index (χ2n) is 4.47. The van der Waals surface area contributed by atoms with Gasteiger partial charge in [0.15, 0.2) is 0 Å². The van der Waals surface area contributed by atoms with Gasteiger partial charge in [-0.1, -0.05) is 13.3 Å². The molecule has 0 amide bonds. The van der Waals surface area contributed by atoms with Gasteiger partial charge in [-0.05, 0) is 19.4 Å². The standard InChI is InChI=1S/C14H21NO5/c1-3-4-7-19-8-9-20-14-6-5-12(15(17)18)10-13(14)11(2)16/h5-6,10-11,16H,3-4,7-9H2,1-2H3/t11-/m1/s1. The van der Waals surface area contributed by atoms with Gasteiger partial charge in [-0.2, -0.15) is 0 Å². The molecule has 1 rings (SSSR count). The van der Waals surface area contributed by atoms with Crippen LogP contribution in [0.15, 0.2) is 18.2 Å². The van der Waals surface area contributed by atoms with E-state index in [1.54, 1.807) is 6.92 Å². The van der Waals surface area contributed by atoms with E-state index in [0.29, 0.717) is 31.1 Å². The van der Waals surface area contributed by atoms with Crippen molar-refractivity contribution in [3.05, 3.63) is 33.9 Å². The summed E-state index contributed by atoms with van der Waals surface area (Å²) in [6.45, 7) is 5.14. The van der Waals surface area contributed by atoms with Gasteiger partial charge in [-0.3, -0.25) is 10.1 Å². The summed E-state index contributed by atoms with van der Waals surface area (Å²) in [4.78, 5) is 10.2. The Morgan fingerprint density at radius 1 is 1.35 bits per heavy atom. The molecule has 6 heteroatoms. The summed E-state index contributed by atoms with van der Waals surface area (Å²) >= 11 is 0. The molecule has 1 aromatic rings. The van der Waals surface area contributed by atoms with E-state index in [2.05, 4.69) is 6.92 Å². The van der Waals surface area contributed by atoms with Crippen LogP contribution < -0.4 is 4.74 Å². The van der Waals surface area contributed by atoms with E-state index in [1.165, 1.54) is 18.2 Å². The third-order valence-corrected chi connectivity index (χ3v) is 2.78. The average Bonchev–Trinajstić information content (AvgIpc) is 2.42. The van der Waals surface area contributed by atoms with Gasteiger partial charge in [-0.15, -0.1) is 0 Å². The van der Waals surface area contributed by atoms with Gasteiger partial charge in [-0.25, -0.2) is 0 Å². The van der Waals surface area contributed by atoms with Crippen molar-refractivity contribution in [2.75, 3.05) is 19.8 Å². The molecule has 0 aliphatic heterocycles. The van der Waals surface area contributed by atoms with Crippen molar-refractivity contribution in [1.29, 1.82) is 0 Å². The second kappa shape index (κ2) is 8.50. The molecule has 112 valence electrons. The Morgan fingerprint density at radius 3 is 2.70 bits per heavy atom. The Kier molecular flexibility index (Phi) is 6.97. The summed E-state index contributed by atoms with van der Waals surface area (Å²) in [6, 6.07) is 4.20. The molecule has 0 aliphatic carbocycles. The molecule has 0 saturated heterocycles. The number of hydrogen-bond donors (Lipinski definition) is 1. The highest BCUT2D eigenvalue weighted by Gasteiger charge is 2.15. The fourth-order valence-electron chi connectivity index (χ4n) is 1.67. The lowest BCUT2D eigenvalue weighted by Gasteiger charge is -2.13. The van der Waals surface area contributed by atoms with Gasteiger partial charge in [0, 0.05) is 24.3 Å². The maximum absolute atomic E-state index is 10.7. The summed E-state index contributed by atoms with van der Waals surface area (Å²) in [5.74, 6) is 0.449. The van der Waals surface area contributed by atoms with Gasteiger partial charge < -0.3 is 14.6 Å². The van der Waals surface area contributed by atoms with Crippen molar-refractivity contribution in [2.45, 2.75) is 32.8 Å². The monoisotopic (exact) mass is 283 g/mol. The molecule has 0 spiro atoms. The number of non-ortho nitro benzene ring substituents is 1. The van der Waals surface area contributed by atoms with E-state index in [-0.39, 0.29) is 5.69 Å². The molecule has 0 saturated carbocycles. The normalized spacial score (nSPS) is 12.2. The van der Waals surface area contributed by atoms with Crippen LogP contribution in [0.4, 0.5) is 5.69 Å². The van der Waals surface area contributed by atoms with Gasteiger partial charge in [0.1, 0.15) is 12.4 Å². The second-order valence-corrected chi connectivity index (χ2v) is 4.47. The highest BCUT2D eigenvalue weighted by atomic mass is 16.6. The first kappa shape index (κ1) is 16.4. The third kappa shape index (κ3) is 5.14. The molecular weight excluding hydrogens is 262 g/mol. The summed E-state index contributed by atoms with van der Waals surface area (Å²) in [6.07, 6.45) is 1.26. The first-order chi connectivity index (χ1) is 9.56. The molecule has 6 nitrogen and oxygen atoms in total. The van der Waals surface area contributed by atoms with Crippen molar-refractivity contribution >= 4 is 5.69 Å². The lowest BCUT2D eigenvalue weighted by atomic mass is 10.1. The van der Waals surface area contributed by atoms with Gasteiger partial charge >= 0.3 is 0 Å². The van der Waals surface area contributed by atoms with Crippen LogP contribution in [0.2, 0.25) is 0 Å². The number of nitro groups is 1. The number of unbranched alkanes of at least 4 members (excludes halogenated alkanes) is 1. The summed E-state index contributed by atoms with van der Waals surface area (Å²) in [5, 5.41) is 20.4. The van der Waals surface area contributed by atoms with E-state index in [0.717, 1.165) is 12.8 Å². The fourth-order valence-corrected chi connectivity index (χ4v) is 1.67. The van der Waals surface area contributed by atoms with Crippen molar-refractivity contribution < 1.29 is 19.5 Å². The third-order valence-electron chi connectivity index (χ3n) is 2.78. The predicted octanol–water partition coefficient (Wildman–Crippen LogP) is 2.84. The molecule has 1 aromatic carbocycles. The number of rotatable bonds is 9. The molecule has 0 radical (unpaired) electrons. The van der Waals surface area contributed by atoms with Crippen molar-refractivity contribution in [3.63, 3.8) is 0 Å². The molecule has 0 bridgehead atoms. The zero-order chi connectivity index (χ0) is 15.0. The van der Waals surface area contributed by atoms with Crippen LogP contribution in [0.25, 0.3) is 0 Å². The van der Waals surface area contributed by atoms with Crippen LogP contribution in [-0.2, 0) is 4.74 Å². The Labute approximate surface area is 118 Å². The number of benzene rings is 1. The van der Waals surface area contributed by atoms with E-state index < -0.39 is 11.0 Å². The van der Waals surface area contributed by atoms with Crippen molar-refractivity contribution in [2.24, 2.45) is 0 Å². The van der Waals surface area contributed by atoms with E-state index in [9.17, 15) is 15.2 Å². The first-order valence-electron chi connectivity index (χ1n) is 6.73. The fraction of sp³-hybridized carbons (Fsp3) is 0.571. The Morgan fingerprint density at radius 2 is 2.10 bits per heavy atom. The minimum atomic E-state index is -0.828. The summed E-state index contributed by atoms with van der Waals surface area (Å²) in [7, 11) is 0. The lowest BCUT2D eigenvalue weighted by Crippen LogP contribution is -2.09. The number of aliphatic hydroxyl groups excluding tert-OH is 1. The number of ether oxygens (including phenoxy) is 2. The predicted molar refractivity (Wildman–Crippen MR) is 75.0 cm³/mol. The highest BCUT2D eigenvalue weighted by molar-refractivity contribution is 5.44. The number of nitrogens with zero attached hydrogens (tertiary/aromatic N) is 1. The van der Waals surface area contributed by atoms with Gasteiger partial charge in [0.2, 0.25) is 0 Å². The average molecular weight is 283 g/mol. The minimum absolute atomic E-state index is 0.0626. The van der Waals surface area contributed by atoms with E-state index in [4.69, 9.17) is 9.47 Å². The number of nitro benzene ring substituents is 1. The maximum atomic E-state index is 10.7. The van der Waals surface area contributed by atoms with Crippen LogP contribution in [0.1, 0.15) is 38.4 Å². The van der Waals surface area contributed by atoms with Crippen molar-refractivity contribution in [3.8, 4) is 5.75 Å². The Bertz CT molecular complexity index is 434. The Balaban J connectivity index is 2.58. The number of hydrogen-bond acceptors (Lipinski definition) is 5. The van der Waals surface area contributed by atoms with Gasteiger partial charge in [0.25, 0.3) is 5.69 Å². The molecule has 0 fully saturated rings. The summed E-state index contributed by atoms with van der Waals surface area (Å²) in [5.41, 5.74) is 0.347. The maximum Gasteiger partial charge on any atom is 0.270 e. The summed E-state index contributed by atoms with van der Waals surface area (Å²) < 4.78 is 10.9. The largest absolute Gasteiger partial charge is 0.491 e. The minimum Gasteiger partial charge on any atom is -0.491 e. The van der Waals surface area contributed by atoms with E-state index in [1.807, 2.05) is 0 Å². The molecule has 20 heavy (non-hydrogen) atoms. The zero-order valence-electron chi connectivity index (χ0n) is 11.9. The van der Waals surface area contributed by atoms with Crippen LogP contribution in [0, 0.1) is 10.1 Å². The van der Waals surface area contributed by atoms with Crippen LogP contribution in [-0.4, -0.2) is 29.9 Å². The van der Waals surface area contributed by atoms with Gasteiger partial charge in [0.05, 0.1) is 17.6 Å². The smallest absolute Gasteiger partial charge is 0.270 e. The molecule has 1 N–H and O–H groups in total. The molecule has 0 unspecified atom stereocenters. The van der Waals surface area contributed by atoms with Crippen molar-refractivity contribution in [1.82, 2.24) is 0 Å². The molecule has 0 heterocycles. The van der Waals surface area contributed by atoms with Crippen LogP contribution in [0.5, 0.6) is 5.75 Å². The molecule has 0 aliphatic rings. The SMILES string of the molecule is CCCCOCCOc1ccc([N+](=O)[O-])cc1[C@@H](C)O. The first-order valence-corrected chi connectivity index (χ1v) is 6.73. The molecular formula is C14H21NO5. The zero-order valence-corrected chi connectivity index (χ0v) is 11.9. The quantitative estimate of drug-likeness (QED) is 0.428. The molecule has 1 atom stereocenters. The van der Waals surface area contributed by atoms with Crippen LogP contribution in [0.3, 0.4) is 0 Å². The number of aliphatic hydroxyl groups is 1. The lowest BCUT2D eigenvalue weighted by molar-refractivity contribution is -0.385. The molecule has 0 aromatic heterocycles.